The fraction of sp³-hybridized carbons (Fsp3) is 0.583. The van der Waals surface area contributed by atoms with E-state index in [9.17, 15) is 9.90 Å². The van der Waals surface area contributed by atoms with Crippen LogP contribution >= 0.6 is 0 Å². The largest absolute Gasteiger partial charge is 0.512 e. The number of rotatable bonds is 4. The van der Waals surface area contributed by atoms with Crippen LogP contribution in [0.2, 0.25) is 0 Å². The van der Waals surface area contributed by atoms with E-state index < -0.39 is 0 Å². The van der Waals surface area contributed by atoms with Crippen LogP contribution < -0.4 is 0 Å². The molecule has 0 aromatic carbocycles. The van der Waals surface area contributed by atoms with E-state index in [-0.39, 0.29) is 0 Å². The average Bonchev–Trinajstić information content (AvgIpc) is 2.18. The molecule has 0 amide bonds. The van der Waals surface area contributed by atoms with Crippen LogP contribution in [0.3, 0.4) is 0 Å². The average molecular weight is 194 g/mol. The molecule has 1 N–H and O–H groups in total. The van der Waals surface area contributed by atoms with E-state index in [4.69, 9.17) is 0 Å². The van der Waals surface area contributed by atoms with Crippen molar-refractivity contribution < 1.29 is 9.90 Å². The second-order valence-electron chi connectivity index (χ2n) is 3.89. The highest BCUT2D eigenvalue weighted by Crippen LogP contribution is 2.31. The van der Waals surface area contributed by atoms with Gasteiger partial charge in [-0.05, 0) is 44.3 Å². The van der Waals surface area contributed by atoms with Crippen LogP contribution in [0.4, 0.5) is 0 Å². The van der Waals surface area contributed by atoms with Crippen LogP contribution in [-0.4, -0.2) is 11.4 Å². The van der Waals surface area contributed by atoms with E-state index in [1.807, 2.05) is 6.92 Å². The molecule has 0 atom stereocenters. The van der Waals surface area contributed by atoms with Crippen molar-refractivity contribution in [2.24, 2.45) is 0 Å². The Morgan fingerprint density at radius 1 is 1.36 bits per heavy atom. The van der Waals surface area contributed by atoms with Gasteiger partial charge in [-0.3, -0.25) is 0 Å². The number of unbranched alkanes of at least 4 members (excludes halogenated alkanes) is 1. The first kappa shape index (κ1) is 11.0. The van der Waals surface area contributed by atoms with Crippen molar-refractivity contribution in [1.82, 2.24) is 0 Å². The fourth-order valence-corrected chi connectivity index (χ4v) is 1.90. The summed E-state index contributed by atoms with van der Waals surface area (Å²) in [6.45, 7) is 4.08. The molecule has 78 valence electrons. The highest BCUT2D eigenvalue weighted by atomic mass is 16.3. The molecule has 14 heavy (non-hydrogen) atoms. The van der Waals surface area contributed by atoms with Crippen molar-refractivity contribution >= 4 is 6.29 Å². The third kappa shape index (κ3) is 2.47. The Labute approximate surface area is 85.3 Å². The highest BCUT2D eigenvalue weighted by molar-refractivity contribution is 5.49. The van der Waals surface area contributed by atoms with Crippen molar-refractivity contribution in [3.05, 3.63) is 22.5 Å². The van der Waals surface area contributed by atoms with Gasteiger partial charge in [-0.15, -0.1) is 0 Å². The minimum absolute atomic E-state index is 0.525. The number of carbonyl (C=O) groups is 1. The van der Waals surface area contributed by atoms with Gasteiger partial charge in [-0.25, -0.2) is 0 Å². The predicted molar refractivity (Wildman–Crippen MR) is 57.2 cm³/mol. The molecule has 0 bridgehead atoms. The second kappa shape index (κ2) is 4.99. The molecule has 0 saturated carbocycles. The lowest BCUT2D eigenvalue weighted by Crippen LogP contribution is -2.03. The summed E-state index contributed by atoms with van der Waals surface area (Å²) in [7, 11) is 0. The Bertz CT molecular complexity index is 285. The maximum Gasteiger partial charge on any atom is 0.120 e. The fourth-order valence-electron chi connectivity index (χ4n) is 1.90. The summed E-state index contributed by atoms with van der Waals surface area (Å²) in [4.78, 5) is 10.2. The van der Waals surface area contributed by atoms with Gasteiger partial charge in [0.1, 0.15) is 6.29 Å². The van der Waals surface area contributed by atoms with Crippen LogP contribution in [0.1, 0.15) is 46.0 Å². The maximum atomic E-state index is 10.2. The minimum Gasteiger partial charge on any atom is -0.512 e. The summed E-state index contributed by atoms with van der Waals surface area (Å²) in [5, 5.41) is 9.60. The first-order valence-electron chi connectivity index (χ1n) is 5.18. The van der Waals surface area contributed by atoms with Crippen molar-refractivity contribution in [1.29, 1.82) is 0 Å². The summed E-state index contributed by atoms with van der Waals surface area (Å²) in [5.74, 6) is 0.525. The number of carbonyl (C=O) groups excluding carboxylic acids is 1. The zero-order chi connectivity index (χ0) is 10.6. The summed E-state index contributed by atoms with van der Waals surface area (Å²) in [5.41, 5.74) is 3.65. The number of hydrogen-bond donors (Lipinski definition) is 1. The zero-order valence-electron chi connectivity index (χ0n) is 8.97. The van der Waals surface area contributed by atoms with Gasteiger partial charge in [0.2, 0.25) is 0 Å². The van der Waals surface area contributed by atoms with Crippen LogP contribution in [-0.2, 0) is 4.79 Å². The normalized spacial score (nSPS) is 17.6. The van der Waals surface area contributed by atoms with Crippen molar-refractivity contribution in [2.75, 3.05) is 0 Å². The molecule has 0 radical (unpaired) electrons. The molecule has 1 rings (SSSR count). The van der Waals surface area contributed by atoms with Crippen LogP contribution in [0, 0.1) is 0 Å². The van der Waals surface area contributed by atoms with Gasteiger partial charge in [-0.2, -0.15) is 0 Å². The van der Waals surface area contributed by atoms with E-state index in [2.05, 4.69) is 6.92 Å². The number of hydrogen-bond acceptors (Lipinski definition) is 2. The van der Waals surface area contributed by atoms with Gasteiger partial charge in [0.15, 0.2) is 0 Å². The Balaban J connectivity index is 2.68. The third-order valence-electron chi connectivity index (χ3n) is 2.89. The molecule has 0 saturated heterocycles. The molecule has 0 unspecified atom stereocenters. The van der Waals surface area contributed by atoms with Crippen molar-refractivity contribution in [3.63, 3.8) is 0 Å². The predicted octanol–water partition coefficient (Wildman–Crippen LogP) is 3.30. The molecule has 2 heteroatoms. The molecule has 0 aliphatic heterocycles. The molecule has 0 heterocycles. The molecular weight excluding hydrogens is 176 g/mol. The monoisotopic (exact) mass is 194 g/mol. The number of aldehydes is 1. The summed E-state index contributed by atoms with van der Waals surface area (Å²) in [6.07, 6.45) is 5.11. The number of aliphatic hydroxyl groups excluding tert-OH is 1. The van der Waals surface area contributed by atoms with Gasteiger partial charge in [-0.1, -0.05) is 5.57 Å². The number of aliphatic hydroxyl groups is 1. The van der Waals surface area contributed by atoms with Gasteiger partial charge in [0.05, 0.1) is 5.76 Å². The topological polar surface area (TPSA) is 37.3 Å². The molecular formula is C12H18O2. The Morgan fingerprint density at radius 2 is 2.07 bits per heavy atom. The highest BCUT2D eigenvalue weighted by Gasteiger charge is 2.14. The molecule has 2 nitrogen and oxygen atoms in total. The minimum atomic E-state index is 0.525. The van der Waals surface area contributed by atoms with Gasteiger partial charge in [0.25, 0.3) is 0 Å². The lowest BCUT2D eigenvalue weighted by Gasteiger charge is -2.19. The summed E-state index contributed by atoms with van der Waals surface area (Å²) < 4.78 is 0. The van der Waals surface area contributed by atoms with E-state index in [1.54, 1.807) is 0 Å². The van der Waals surface area contributed by atoms with Crippen LogP contribution in [0.15, 0.2) is 22.5 Å². The molecule has 0 fully saturated rings. The Hall–Kier alpha value is -1.05. The summed E-state index contributed by atoms with van der Waals surface area (Å²) in [6, 6.07) is 0. The SMILES string of the molecule is CC1=C(CCCC=O)C(C)=C(O)CC1. The lowest BCUT2D eigenvalue weighted by molar-refractivity contribution is -0.107. The zero-order valence-corrected chi connectivity index (χ0v) is 8.97. The van der Waals surface area contributed by atoms with Crippen LogP contribution in [0.25, 0.3) is 0 Å². The van der Waals surface area contributed by atoms with Gasteiger partial charge < -0.3 is 9.90 Å². The van der Waals surface area contributed by atoms with Gasteiger partial charge >= 0.3 is 0 Å². The molecule has 1 aliphatic carbocycles. The second-order valence-corrected chi connectivity index (χ2v) is 3.89. The van der Waals surface area contributed by atoms with Gasteiger partial charge in [0, 0.05) is 12.8 Å². The summed E-state index contributed by atoms with van der Waals surface area (Å²) >= 11 is 0. The Morgan fingerprint density at radius 3 is 2.71 bits per heavy atom. The first-order chi connectivity index (χ1) is 6.66. The van der Waals surface area contributed by atoms with E-state index in [1.165, 1.54) is 11.1 Å². The lowest BCUT2D eigenvalue weighted by atomic mass is 9.88. The molecule has 0 spiro atoms. The molecule has 0 aromatic heterocycles. The first-order valence-corrected chi connectivity index (χ1v) is 5.18. The van der Waals surface area contributed by atoms with Crippen LogP contribution in [0.5, 0.6) is 0 Å². The van der Waals surface area contributed by atoms with Crippen molar-refractivity contribution in [3.8, 4) is 0 Å². The van der Waals surface area contributed by atoms with Crippen molar-refractivity contribution in [2.45, 2.75) is 46.0 Å². The number of allylic oxidation sites excluding steroid dienone is 4. The van der Waals surface area contributed by atoms with E-state index in [0.717, 1.165) is 37.5 Å². The smallest absolute Gasteiger partial charge is 0.120 e. The van der Waals surface area contributed by atoms with E-state index >= 15 is 0 Å². The molecule has 0 aromatic rings. The quantitative estimate of drug-likeness (QED) is 0.550. The Kier molecular flexibility index (Phi) is 3.93. The van der Waals surface area contributed by atoms with E-state index in [0.29, 0.717) is 12.2 Å². The third-order valence-corrected chi connectivity index (χ3v) is 2.89. The standard InChI is InChI=1S/C12H18O2/c1-9-6-7-12(14)10(2)11(9)5-3-4-8-13/h8,14H,3-7H2,1-2H3. The maximum absolute atomic E-state index is 10.2. The molecule has 1 aliphatic rings.